The number of rotatable bonds is 4. The number of aliphatic hydroxyl groups excluding tert-OH is 1. The van der Waals surface area contributed by atoms with Gasteiger partial charge in [-0.15, -0.1) is 0 Å². The van der Waals surface area contributed by atoms with Crippen molar-refractivity contribution >= 4 is 23.1 Å². The second-order valence-corrected chi connectivity index (χ2v) is 5.25. The topological polar surface area (TPSA) is 66.6 Å². The highest BCUT2D eigenvalue weighted by Gasteiger charge is 2.42. The number of carbonyl (C=O) groups is 1. The molecular formula is C12H22N2O2S. The normalized spacial score (nSPS) is 19.4. The first kappa shape index (κ1) is 14.4. The molecule has 0 bridgehead atoms. The highest BCUT2D eigenvalue weighted by molar-refractivity contribution is 7.80. The van der Waals surface area contributed by atoms with Crippen molar-refractivity contribution in [3.63, 3.8) is 0 Å². The summed E-state index contributed by atoms with van der Waals surface area (Å²) in [5, 5.41) is 8.90. The van der Waals surface area contributed by atoms with Crippen LogP contribution in [0.15, 0.2) is 0 Å². The van der Waals surface area contributed by atoms with Crippen molar-refractivity contribution in [2.45, 2.75) is 38.5 Å². The highest BCUT2D eigenvalue weighted by atomic mass is 32.1. The summed E-state index contributed by atoms with van der Waals surface area (Å²) in [4.78, 5) is 14.3. The van der Waals surface area contributed by atoms with Crippen molar-refractivity contribution in [1.29, 1.82) is 0 Å². The summed E-state index contributed by atoms with van der Waals surface area (Å²) < 4.78 is 0. The molecule has 0 aromatic rings. The van der Waals surface area contributed by atoms with Crippen LogP contribution in [0, 0.1) is 5.41 Å². The van der Waals surface area contributed by atoms with Gasteiger partial charge in [0.2, 0.25) is 5.91 Å². The summed E-state index contributed by atoms with van der Waals surface area (Å²) in [7, 11) is 1.70. The van der Waals surface area contributed by atoms with Gasteiger partial charge in [-0.3, -0.25) is 4.79 Å². The van der Waals surface area contributed by atoms with Crippen LogP contribution in [0.1, 0.15) is 38.5 Å². The molecule has 3 N–H and O–H groups in total. The van der Waals surface area contributed by atoms with E-state index in [9.17, 15) is 4.79 Å². The van der Waals surface area contributed by atoms with Gasteiger partial charge in [0.1, 0.15) is 0 Å². The van der Waals surface area contributed by atoms with Crippen molar-refractivity contribution in [3.05, 3.63) is 0 Å². The molecule has 0 aliphatic heterocycles. The maximum absolute atomic E-state index is 12.5. The predicted molar refractivity (Wildman–Crippen MR) is 71.6 cm³/mol. The van der Waals surface area contributed by atoms with Gasteiger partial charge >= 0.3 is 0 Å². The van der Waals surface area contributed by atoms with Crippen LogP contribution >= 0.6 is 12.2 Å². The van der Waals surface area contributed by atoms with Crippen molar-refractivity contribution in [2.75, 3.05) is 20.2 Å². The van der Waals surface area contributed by atoms with E-state index >= 15 is 0 Å². The minimum atomic E-state index is -0.671. The number of aliphatic hydroxyl groups is 1. The third-order valence-corrected chi connectivity index (χ3v) is 4.01. The Morgan fingerprint density at radius 1 is 1.35 bits per heavy atom. The minimum absolute atomic E-state index is 0.0269. The third kappa shape index (κ3) is 3.16. The Kier molecular flexibility index (Phi) is 5.33. The first-order valence-corrected chi connectivity index (χ1v) is 6.62. The molecule has 5 heteroatoms. The van der Waals surface area contributed by atoms with Crippen molar-refractivity contribution < 1.29 is 9.90 Å². The van der Waals surface area contributed by atoms with Gasteiger partial charge in [-0.25, -0.2) is 0 Å². The van der Waals surface area contributed by atoms with Gasteiger partial charge in [-0.05, 0) is 12.8 Å². The lowest BCUT2D eigenvalue weighted by atomic mass is 9.79. The highest BCUT2D eigenvalue weighted by Crippen LogP contribution is 2.37. The van der Waals surface area contributed by atoms with E-state index in [1.165, 1.54) is 0 Å². The van der Waals surface area contributed by atoms with Gasteiger partial charge in [0.15, 0.2) is 0 Å². The number of amides is 1. The van der Waals surface area contributed by atoms with E-state index in [1.54, 1.807) is 11.9 Å². The van der Waals surface area contributed by atoms with E-state index in [2.05, 4.69) is 0 Å². The van der Waals surface area contributed by atoms with Gasteiger partial charge < -0.3 is 15.7 Å². The van der Waals surface area contributed by atoms with Gasteiger partial charge in [0.05, 0.1) is 17.0 Å². The summed E-state index contributed by atoms with van der Waals surface area (Å²) in [5.41, 5.74) is 5.16. The number of likely N-dealkylation sites (N-methyl/N-ethyl adjacent to an activating group) is 1. The molecule has 0 unspecified atom stereocenters. The van der Waals surface area contributed by atoms with E-state index in [0.717, 1.165) is 38.5 Å². The monoisotopic (exact) mass is 258 g/mol. The molecule has 1 fully saturated rings. The van der Waals surface area contributed by atoms with Crippen LogP contribution in [-0.4, -0.2) is 41.1 Å². The summed E-state index contributed by atoms with van der Waals surface area (Å²) in [5.74, 6) is -0.0269. The molecule has 1 amide bonds. The molecule has 0 radical (unpaired) electrons. The lowest BCUT2D eigenvalue weighted by molar-refractivity contribution is -0.138. The van der Waals surface area contributed by atoms with E-state index in [1.807, 2.05) is 0 Å². The molecule has 0 spiro atoms. The van der Waals surface area contributed by atoms with E-state index < -0.39 is 5.41 Å². The number of hydrogen-bond donors (Lipinski definition) is 2. The Bertz CT molecular complexity index is 286. The molecule has 98 valence electrons. The fourth-order valence-corrected chi connectivity index (χ4v) is 2.81. The molecule has 0 saturated heterocycles. The lowest BCUT2D eigenvalue weighted by Gasteiger charge is -2.34. The zero-order chi connectivity index (χ0) is 12.9. The fraction of sp³-hybridized carbons (Fsp3) is 0.833. The molecular weight excluding hydrogens is 236 g/mol. The Morgan fingerprint density at radius 3 is 2.29 bits per heavy atom. The third-order valence-electron chi connectivity index (χ3n) is 3.62. The molecule has 0 aromatic carbocycles. The second kappa shape index (κ2) is 6.31. The van der Waals surface area contributed by atoms with Crippen LogP contribution in [-0.2, 0) is 4.79 Å². The van der Waals surface area contributed by atoms with Gasteiger partial charge in [-0.2, -0.15) is 0 Å². The van der Waals surface area contributed by atoms with Crippen molar-refractivity contribution in [1.82, 2.24) is 4.90 Å². The zero-order valence-electron chi connectivity index (χ0n) is 10.4. The van der Waals surface area contributed by atoms with Crippen LogP contribution in [0.4, 0.5) is 0 Å². The molecule has 17 heavy (non-hydrogen) atoms. The van der Waals surface area contributed by atoms with Crippen LogP contribution in [0.2, 0.25) is 0 Å². The first-order chi connectivity index (χ1) is 8.04. The van der Waals surface area contributed by atoms with Crippen LogP contribution < -0.4 is 5.73 Å². The fourth-order valence-electron chi connectivity index (χ4n) is 2.51. The van der Waals surface area contributed by atoms with E-state index in [-0.39, 0.29) is 12.5 Å². The predicted octanol–water partition coefficient (Wildman–Crippen LogP) is 1.06. The number of nitrogens with zero attached hydrogens (tertiary/aromatic N) is 1. The van der Waals surface area contributed by atoms with E-state index in [4.69, 9.17) is 23.1 Å². The Morgan fingerprint density at radius 2 is 1.88 bits per heavy atom. The molecule has 1 saturated carbocycles. The number of thiocarbonyl (C=S) groups is 1. The summed E-state index contributed by atoms with van der Waals surface area (Å²) in [6, 6.07) is 0. The van der Waals surface area contributed by atoms with Crippen LogP contribution in [0.25, 0.3) is 0 Å². The number of nitrogens with two attached hydrogens (primary N) is 1. The maximum Gasteiger partial charge on any atom is 0.235 e. The second-order valence-electron chi connectivity index (χ2n) is 4.81. The van der Waals surface area contributed by atoms with Gasteiger partial charge in [0, 0.05) is 13.6 Å². The van der Waals surface area contributed by atoms with Gasteiger partial charge in [-0.1, -0.05) is 37.9 Å². The largest absolute Gasteiger partial charge is 0.395 e. The maximum atomic E-state index is 12.5. The Balaban J connectivity index is 2.89. The minimum Gasteiger partial charge on any atom is -0.395 e. The van der Waals surface area contributed by atoms with Crippen molar-refractivity contribution in [3.8, 4) is 0 Å². The first-order valence-electron chi connectivity index (χ1n) is 6.21. The van der Waals surface area contributed by atoms with E-state index in [0.29, 0.717) is 11.5 Å². The molecule has 0 heterocycles. The van der Waals surface area contributed by atoms with Crippen LogP contribution in [0.5, 0.6) is 0 Å². The molecule has 1 aliphatic rings. The molecule has 1 aliphatic carbocycles. The molecule has 0 atom stereocenters. The molecule has 1 rings (SSSR count). The Hall–Kier alpha value is -0.680. The average molecular weight is 258 g/mol. The van der Waals surface area contributed by atoms with Crippen LogP contribution in [0.3, 0.4) is 0 Å². The van der Waals surface area contributed by atoms with Gasteiger partial charge in [0.25, 0.3) is 0 Å². The van der Waals surface area contributed by atoms with Crippen molar-refractivity contribution in [2.24, 2.45) is 11.1 Å². The number of carbonyl (C=O) groups excluding carboxylic acids is 1. The quantitative estimate of drug-likeness (QED) is 0.584. The molecule has 0 aromatic heterocycles. The summed E-state index contributed by atoms with van der Waals surface area (Å²) in [6.07, 6.45) is 5.77. The molecule has 4 nitrogen and oxygen atoms in total. The average Bonchev–Trinajstić information content (AvgIpc) is 2.54. The smallest absolute Gasteiger partial charge is 0.235 e. The summed E-state index contributed by atoms with van der Waals surface area (Å²) in [6.45, 7) is 0.304. The standard InChI is InChI=1S/C12H22N2O2S/c1-14(8-9-15)11(16)12(10(13)17)6-4-2-3-5-7-12/h15H,2-9H2,1H3,(H2,13,17). The summed E-state index contributed by atoms with van der Waals surface area (Å²) >= 11 is 5.14. The SMILES string of the molecule is CN(CCO)C(=O)C1(C(N)=S)CCCCCC1. The Labute approximate surface area is 108 Å². The lowest BCUT2D eigenvalue weighted by Crippen LogP contribution is -2.49. The number of hydrogen-bond acceptors (Lipinski definition) is 3. The zero-order valence-corrected chi connectivity index (χ0v) is 11.3.